The number of ether oxygens (including phenoxy) is 3. The van der Waals surface area contributed by atoms with Gasteiger partial charge in [0.25, 0.3) is 5.56 Å². The minimum Gasteiger partial charge on any atom is -0.465 e. The Hall–Kier alpha value is -0.790. The number of halogens is 1. The third kappa shape index (κ3) is 12.2. The fourth-order valence-electron chi connectivity index (χ4n) is 3.37. The van der Waals surface area contributed by atoms with Gasteiger partial charge in [0.05, 0.1) is 32.5 Å². The number of alkyl halides is 1. The lowest BCUT2D eigenvalue weighted by molar-refractivity contribution is -0.156. The number of carbonyl (C=O) groups is 1. The van der Waals surface area contributed by atoms with Gasteiger partial charge < -0.3 is 43.0 Å². The maximum absolute atomic E-state index is 15.3. The topological polar surface area (TPSA) is 232 Å². The molecule has 23 heteroatoms. The quantitative estimate of drug-likeness (QED) is 0.0427. The second kappa shape index (κ2) is 17.8. The Bertz CT molecular complexity index is 1330. The number of nitrogens with zero attached hydrogens (tertiary/aromatic N) is 2. The monoisotopic (exact) mass is 729 g/mol. The molecule has 1 aromatic rings. The fraction of sp³-hybridized carbons (Fsp3) is 0.700. The molecular weight excluding hydrogens is 699 g/mol. The van der Waals surface area contributed by atoms with Crippen LogP contribution in [0, 0.1) is 16.7 Å². The predicted molar refractivity (Wildman–Crippen MR) is 159 cm³/mol. The number of nitriles is 1. The zero-order chi connectivity index (χ0) is 32.3. The van der Waals surface area contributed by atoms with E-state index in [9.17, 15) is 34.3 Å². The Kier molecular flexibility index (Phi) is 15.9. The van der Waals surface area contributed by atoms with Crippen molar-refractivity contribution in [2.45, 2.75) is 38.0 Å². The first-order valence-corrected chi connectivity index (χ1v) is 19.9. The first-order valence-electron chi connectivity index (χ1n) is 12.2. The fourth-order valence-corrected chi connectivity index (χ4v) is 7.07. The van der Waals surface area contributed by atoms with E-state index in [4.69, 9.17) is 44.7 Å². The van der Waals surface area contributed by atoms with Crippen LogP contribution in [0.15, 0.2) is 21.9 Å². The molecule has 1 fully saturated rings. The van der Waals surface area contributed by atoms with E-state index >= 15 is 4.39 Å². The average Bonchev–Trinajstić information content (AvgIpc) is 3.22. The summed E-state index contributed by atoms with van der Waals surface area (Å²) in [4.78, 5) is 68.0. The minimum atomic E-state index is -4.48. The van der Waals surface area contributed by atoms with Crippen LogP contribution in [0.25, 0.3) is 0 Å². The van der Waals surface area contributed by atoms with Crippen molar-refractivity contribution in [3.05, 3.63) is 33.1 Å². The van der Waals surface area contributed by atoms with E-state index in [0.29, 0.717) is 16.7 Å². The van der Waals surface area contributed by atoms with E-state index in [2.05, 4.69) is 11.8 Å². The Balaban J connectivity index is 2.12. The van der Waals surface area contributed by atoms with Crippen LogP contribution >= 0.6 is 35.0 Å². The van der Waals surface area contributed by atoms with Crippen LogP contribution in [0.4, 0.5) is 4.39 Å². The molecule has 2 rings (SSSR count). The van der Waals surface area contributed by atoms with Crippen molar-refractivity contribution >= 4 is 64.6 Å². The van der Waals surface area contributed by atoms with Crippen LogP contribution in [0.5, 0.6) is 0 Å². The Morgan fingerprint density at radius 3 is 2.60 bits per heavy atom. The van der Waals surface area contributed by atoms with Crippen LogP contribution in [-0.4, -0.2) is 98.4 Å². The number of aromatic amines is 1. The third-order valence-corrected chi connectivity index (χ3v) is 9.87. The van der Waals surface area contributed by atoms with Gasteiger partial charge >= 0.3 is 25.1 Å². The zero-order valence-electron chi connectivity index (χ0n) is 22.4. The number of hydrogen-bond donors (Lipinski definition) is 5. The number of nitrogens with one attached hydrogen (secondary N) is 1. The molecule has 1 aliphatic heterocycles. The molecule has 43 heavy (non-hydrogen) atoms. The first kappa shape index (κ1) is 38.4. The lowest BCUT2D eigenvalue weighted by Gasteiger charge is -2.27. The molecule has 244 valence electrons. The molecule has 2 heterocycles. The largest absolute Gasteiger partial charge is 0.465 e. The van der Waals surface area contributed by atoms with E-state index in [0.717, 1.165) is 12.3 Å². The van der Waals surface area contributed by atoms with Crippen LogP contribution in [-0.2, 0) is 56.2 Å². The lowest BCUT2D eigenvalue weighted by Crippen LogP contribution is -2.40. The maximum atomic E-state index is 15.3. The average molecular weight is 730 g/mol. The second-order valence-electron chi connectivity index (χ2n) is 8.52. The van der Waals surface area contributed by atoms with Crippen molar-refractivity contribution in [3.8, 4) is 6.07 Å². The van der Waals surface area contributed by atoms with Crippen LogP contribution < -0.4 is 11.2 Å². The third-order valence-electron chi connectivity index (χ3n) is 5.36. The van der Waals surface area contributed by atoms with E-state index in [1.54, 1.807) is 6.07 Å². The second-order valence-corrected chi connectivity index (χ2v) is 16.5. The highest BCUT2D eigenvalue weighted by Gasteiger charge is 2.50. The van der Waals surface area contributed by atoms with Gasteiger partial charge in [-0.1, -0.05) is 21.6 Å². The number of aromatic nitrogens is 2. The molecule has 0 aliphatic carbocycles. The number of H-pyrrole nitrogens is 1. The molecule has 1 aliphatic rings. The number of hydrogen-bond acceptors (Lipinski definition) is 15. The molecule has 4 unspecified atom stereocenters. The molecule has 16 nitrogen and oxygen atoms in total. The van der Waals surface area contributed by atoms with Crippen LogP contribution in [0.1, 0.15) is 19.6 Å². The smallest absolute Gasteiger partial charge is 0.331 e. The SMILES string of the molecule is CCOC(=O)C(C#N)(COCSSCCCO)COP(O)(=S)OC[C@H]1O[C@@H](n2ccc(=O)[nH]c2=O)C(F)C1OP(O)(O)=S. The lowest BCUT2D eigenvalue weighted by atomic mass is 9.92. The highest BCUT2D eigenvalue weighted by Crippen LogP contribution is 2.49. The molecule has 5 N–H and O–H groups in total. The van der Waals surface area contributed by atoms with Crippen LogP contribution in [0.3, 0.4) is 0 Å². The molecular formula is C20H30FN3O13P2S4. The number of aliphatic hydroxyl groups excluding tert-OH is 1. The van der Waals surface area contributed by atoms with E-state index in [-0.39, 0.29) is 19.2 Å². The number of esters is 1. The summed E-state index contributed by atoms with van der Waals surface area (Å²) in [5.74, 6) is -0.298. The Labute approximate surface area is 262 Å². The summed E-state index contributed by atoms with van der Waals surface area (Å²) in [5.41, 5.74) is -3.86. The van der Waals surface area contributed by atoms with E-state index in [1.807, 2.05) is 4.98 Å². The van der Waals surface area contributed by atoms with Crippen molar-refractivity contribution in [2.24, 2.45) is 5.41 Å². The summed E-state index contributed by atoms with van der Waals surface area (Å²) in [6, 6.07) is 2.69. The summed E-state index contributed by atoms with van der Waals surface area (Å²) in [7, 11) is 2.68. The summed E-state index contributed by atoms with van der Waals surface area (Å²) < 4.78 is 47.2. The standard InChI is InChI=1S/C20H30FN3O13P2S4/c1-2-33-18(27)20(9-22,10-32-12-43-42-7-3-6-25)11-35-39(31,41)34-8-13-16(37-38(29,30)40)15(21)17(36-13)24-5-4-14(26)23-19(24)28/h4-5,13,15-17,25H,2-3,6-8,10-12H2,1H3,(H,31,41)(H,23,26,28)(H2,29,30,40)/t13-,15?,16?,17-,20?,39?/m1/s1. The van der Waals surface area contributed by atoms with Crippen molar-refractivity contribution in [1.29, 1.82) is 5.26 Å². The number of rotatable bonds is 19. The molecule has 1 aromatic heterocycles. The van der Waals surface area contributed by atoms with Crippen molar-refractivity contribution in [3.63, 3.8) is 0 Å². The first-order chi connectivity index (χ1) is 20.2. The van der Waals surface area contributed by atoms with E-state index in [1.165, 1.54) is 28.5 Å². The normalized spacial score (nSPS) is 23.3. The summed E-state index contributed by atoms with van der Waals surface area (Å²) in [6.45, 7) is -9.43. The van der Waals surface area contributed by atoms with Gasteiger partial charge in [-0.15, -0.1) is 0 Å². The van der Waals surface area contributed by atoms with E-state index < -0.39 is 80.5 Å². The number of aliphatic hydroxyl groups is 1. The summed E-state index contributed by atoms with van der Waals surface area (Å²) >= 11 is 9.40. The van der Waals surface area contributed by atoms with Gasteiger partial charge in [-0.2, -0.15) is 5.26 Å². The molecule has 0 spiro atoms. The van der Waals surface area contributed by atoms with Gasteiger partial charge in [0, 0.05) is 24.6 Å². The van der Waals surface area contributed by atoms with Crippen molar-refractivity contribution in [2.75, 3.05) is 44.7 Å². The van der Waals surface area contributed by atoms with Gasteiger partial charge in [0.1, 0.15) is 18.1 Å². The molecule has 0 amide bonds. The van der Waals surface area contributed by atoms with Gasteiger partial charge in [0.15, 0.2) is 12.4 Å². The minimum absolute atomic E-state index is 0.0326. The molecule has 0 saturated carbocycles. The molecule has 6 atom stereocenters. The maximum Gasteiger partial charge on any atom is 0.331 e. The summed E-state index contributed by atoms with van der Waals surface area (Å²) in [6.07, 6.45) is -5.86. The number of carbonyl (C=O) groups excluding carboxylic acids is 1. The molecule has 0 aromatic carbocycles. The van der Waals surface area contributed by atoms with Crippen molar-refractivity contribution < 1.29 is 56.8 Å². The van der Waals surface area contributed by atoms with Gasteiger partial charge in [-0.05, 0) is 37.0 Å². The predicted octanol–water partition coefficient (Wildman–Crippen LogP) is 0.427. The molecule has 1 saturated heterocycles. The van der Waals surface area contributed by atoms with Gasteiger partial charge in [-0.25, -0.2) is 9.18 Å². The highest BCUT2D eigenvalue weighted by atomic mass is 33.1. The highest BCUT2D eigenvalue weighted by molar-refractivity contribution is 8.76. The zero-order valence-corrected chi connectivity index (χ0v) is 27.4. The van der Waals surface area contributed by atoms with Crippen molar-refractivity contribution in [1.82, 2.24) is 9.55 Å². The van der Waals surface area contributed by atoms with Gasteiger partial charge in [-0.3, -0.25) is 23.7 Å². The molecule has 0 radical (unpaired) electrons. The molecule has 0 bridgehead atoms. The Morgan fingerprint density at radius 2 is 2.00 bits per heavy atom. The van der Waals surface area contributed by atoms with Gasteiger partial charge in [0.2, 0.25) is 5.41 Å². The van der Waals surface area contributed by atoms with Crippen LogP contribution in [0.2, 0.25) is 0 Å². The summed E-state index contributed by atoms with van der Waals surface area (Å²) in [5, 5.41) is 18.6. The Morgan fingerprint density at radius 1 is 1.28 bits per heavy atom.